The number of hydrogen-bond donors (Lipinski definition) is 1. The summed E-state index contributed by atoms with van der Waals surface area (Å²) < 4.78 is 20.6. The van der Waals surface area contributed by atoms with Gasteiger partial charge in [0.25, 0.3) is 0 Å². The van der Waals surface area contributed by atoms with Crippen molar-refractivity contribution in [1.29, 1.82) is 0 Å². The molecule has 0 spiro atoms. The molecule has 0 unspecified atom stereocenters. The molecule has 0 atom stereocenters. The SMILES string of the molecule is C/C(=N/O)c1ccc(F)cc1OCCc1ccnn1C. The fraction of sp³-hybridized carbons (Fsp3) is 0.286. The van der Waals surface area contributed by atoms with Crippen molar-refractivity contribution in [1.82, 2.24) is 9.78 Å². The number of ether oxygens (including phenoxy) is 1. The third-order valence-corrected chi connectivity index (χ3v) is 3.02. The van der Waals surface area contributed by atoms with Crippen molar-refractivity contribution >= 4 is 5.71 Å². The van der Waals surface area contributed by atoms with Crippen LogP contribution >= 0.6 is 0 Å². The zero-order chi connectivity index (χ0) is 14.5. The molecule has 1 heterocycles. The first-order chi connectivity index (χ1) is 9.61. The van der Waals surface area contributed by atoms with Gasteiger partial charge in [-0.05, 0) is 25.1 Å². The van der Waals surface area contributed by atoms with Crippen molar-refractivity contribution in [3.8, 4) is 5.75 Å². The van der Waals surface area contributed by atoms with E-state index in [9.17, 15) is 4.39 Å². The predicted molar refractivity (Wildman–Crippen MR) is 72.8 cm³/mol. The normalized spacial score (nSPS) is 11.7. The van der Waals surface area contributed by atoms with E-state index < -0.39 is 5.82 Å². The van der Waals surface area contributed by atoms with Gasteiger partial charge in [-0.15, -0.1) is 0 Å². The molecule has 1 N–H and O–H groups in total. The van der Waals surface area contributed by atoms with Crippen molar-refractivity contribution in [3.63, 3.8) is 0 Å². The van der Waals surface area contributed by atoms with Crippen LogP contribution in [0.1, 0.15) is 18.2 Å². The summed E-state index contributed by atoms with van der Waals surface area (Å²) in [6, 6.07) is 6.02. The van der Waals surface area contributed by atoms with E-state index in [2.05, 4.69) is 10.3 Å². The molecule has 0 radical (unpaired) electrons. The molecule has 0 bridgehead atoms. The Labute approximate surface area is 116 Å². The maximum absolute atomic E-state index is 13.3. The molecule has 0 saturated heterocycles. The lowest BCUT2D eigenvalue weighted by molar-refractivity contribution is 0.311. The van der Waals surface area contributed by atoms with E-state index in [1.54, 1.807) is 17.8 Å². The van der Waals surface area contributed by atoms with E-state index in [-0.39, 0.29) is 0 Å². The maximum atomic E-state index is 13.3. The summed E-state index contributed by atoms with van der Waals surface area (Å²) >= 11 is 0. The van der Waals surface area contributed by atoms with Gasteiger partial charge in [0, 0.05) is 37.0 Å². The Morgan fingerprint density at radius 3 is 2.90 bits per heavy atom. The Kier molecular flexibility index (Phi) is 4.34. The number of nitrogens with zero attached hydrogens (tertiary/aromatic N) is 3. The topological polar surface area (TPSA) is 59.6 Å². The van der Waals surface area contributed by atoms with Crippen LogP contribution in [0.2, 0.25) is 0 Å². The van der Waals surface area contributed by atoms with E-state index >= 15 is 0 Å². The smallest absolute Gasteiger partial charge is 0.131 e. The largest absolute Gasteiger partial charge is 0.492 e. The minimum Gasteiger partial charge on any atom is -0.492 e. The van der Waals surface area contributed by atoms with Gasteiger partial charge in [0.2, 0.25) is 0 Å². The first-order valence-corrected chi connectivity index (χ1v) is 6.20. The minimum absolute atomic E-state index is 0.363. The molecule has 6 heteroatoms. The lowest BCUT2D eigenvalue weighted by Crippen LogP contribution is -2.08. The number of aromatic nitrogens is 2. The van der Waals surface area contributed by atoms with Crippen molar-refractivity contribution < 1.29 is 14.3 Å². The second-order valence-electron chi connectivity index (χ2n) is 4.37. The highest BCUT2D eigenvalue weighted by Gasteiger charge is 2.09. The molecule has 0 aliphatic heterocycles. The van der Waals surface area contributed by atoms with Crippen LogP contribution < -0.4 is 4.74 Å². The van der Waals surface area contributed by atoms with Gasteiger partial charge < -0.3 is 9.94 Å². The molecule has 2 aromatic rings. The summed E-state index contributed by atoms with van der Waals surface area (Å²) in [5.74, 6) is -0.0301. The van der Waals surface area contributed by atoms with Gasteiger partial charge in [-0.25, -0.2) is 4.39 Å². The molecule has 20 heavy (non-hydrogen) atoms. The van der Waals surface area contributed by atoms with Crippen LogP contribution in [-0.2, 0) is 13.5 Å². The second-order valence-corrected chi connectivity index (χ2v) is 4.37. The molecule has 1 aromatic heterocycles. The molecular weight excluding hydrogens is 261 g/mol. The third kappa shape index (κ3) is 3.14. The van der Waals surface area contributed by atoms with Gasteiger partial charge in [-0.2, -0.15) is 5.10 Å². The molecular formula is C14H16FN3O2. The van der Waals surface area contributed by atoms with Gasteiger partial charge in [-0.1, -0.05) is 5.16 Å². The second kappa shape index (κ2) is 6.18. The van der Waals surface area contributed by atoms with Gasteiger partial charge >= 0.3 is 0 Å². The molecule has 1 aromatic carbocycles. The van der Waals surface area contributed by atoms with Crippen molar-refractivity contribution in [2.24, 2.45) is 12.2 Å². The highest BCUT2D eigenvalue weighted by Crippen LogP contribution is 2.21. The molecule has 0 aliphatic carbocycles. The highest BCUT2D eigenvalue weighted by atomic mass is 19.1. The number of aryl methyl sites for hydroxylation is 1. The monoisotopic (exact) mass is 277 g/mol. The molecule has 5 nitrogen and oxygen atoms in total. The molecule has 0 saturated carbocycles. The summed E-state index contributed by atoms with van der Waals surface area (Å²) in [5, 5.41) is 16.0. The maximum Gasteiger partial charge on any atom is 0.131 e. The van der Waals surface area contributed by atoms with Gasteiger partial charge in [0.05, 0.1) is 12.3 Å². The molecule has 106 valence electrons. The number of rotatable bonds is 5. The van der Waals surface area contributed by atoms with E-state index in [4.69, 9.17) is 9.94 Å². The van der Waals surface area contributed by atoms with Crippen LogP contribution in [0.4, 0.5) is 4.39 Å². The van der Waals surface area contributed by atoms with Gasteiger partial charge in [0.1, 0.15) is 11.6 Å². The van der Waals surface area contributed by atoms with Crippen LogP contribution in [0.15, 0.2) is 35.6 Å². The zero-order valence-corrected chi connectivity index (χ0v) is 11.4. The Morgan fingerprint density at radius 1 is 1.45 bits per heavy atom. The lowest BCUT2D eigenvalue weighted by atomic mass is 10.1. The first-order valence-electron chi connectivity index (χ1n) is 6.20. The molecule has 2 rings (SSSR count). The van der Waals surface area contributed by atoms with E-state index in [0.29, 0.717) is 30.1 Å². The number of oxime groups is 1. The number of benzene rings is 1. The highest BCUT2D eigenvalue weighted by molar-refractivity contribution is 6.00. The van der Waals surface area contributed by atoms with Crippen LogP contribution in [0.5, 0.6) is 5.75 Å². The van der Waals surface area contributed by atoms with Crippen molar-refractivity contribution in [2.75, 3.05) is 6.61 Å². The van der Waals surface area contributed by atoms with Gasteiger partial charge in [-0.3, -0.25) is 4.68 Å². The fourth-order valence-electron chi connectivity index (χ4n) is 1.88. The zero-order valence-electron chi connectivity index (χ0n) is 11.4. The van der Waals surface area contributed by atoms with Crippen LogP contribution in [0.3, 0.4) is 0 Å². The average Bonchev–Trinajstić information content (AvgIpc) is 2.84. The predicted octanol–water partition coefficient (Wildman–Crippen LogP) is 2.38. The Bertz CT molecular complexity index is 623. The Morgan fingerprint density at radius 2 is 2.25 bits per heavy atom. The summed E-state index contributed by atoms with van der Waals surface area (Å²) in [4.78, 5) is 0. The lowest BCUT2D eigenvalue weighted by Gasteiger charge is -2.11. The summed E-state index contributed by atoms with van der Waals surface area (Å²) in [6.45, 7) is 2.01. The summed E-state index contributed by atoms with van der Waals surface area (Å²) in [6.07, 6.45) is 2.37. The quantitative estimate of drug-likeness (QED) is 0.518. The third-order valence-electron chi connectivity index (χ3n) is 3.02. The van der Waals surface area contributed by atoms with E-state index in [0.717, 1.165) is 5.69 Å². The fourth-order valence-corrected chi connectivity index (χ4v) is 1.88. The Hall–Kier alpha value is -2.37. The Balaban J connectivity index is 2.09. The molecule has 0 fully saturated rings. The van der Waals surface area contributed by atoms with Crippen LogP contribution in [0, 0.1) is 5.82 Å². The van der Waals surface area contributed by atoms with Crippen LogP contribution in [0.25, 0.3) is 0 Å². The minimum atomic E-state index is -0.393. The number of halogens is 1. The standard InChI is InChI=1S/C14H16FN3O2/c1-10(17-19)13-4-3-11(15)9-14(13)20-8-6-12-5-7-16-18(12)2/h3-5,7,9,19H,6,8H2,1-2H3/b17-10-. The first kappa shape index (κ1) is 14.0. The van der Waals surface area contributed by atoms with E-state index in [1.165, 1.54) is 18.2 Å². The summed E-state index contributed by atoms with van der Waals surface area (Å²) in [7, 11) is 1.85. The molecule has 0 amide bonds. The summed E-state index contributed by atoms with van der Waals surface area (Å²) in [5.41, 5.74) is 1.97. The van der Waals surface area contributed by atoms with Crippen molar-refractivity contribution in [3.05, 3.63) is 47.5 Å². The van der Waals surface area contributed by atoms with Crippen molar-refractivity contribution in [2.45, 2.75) is 13.3 Å². The van der Waals surface area contributed by atoms with Gasteiger partial charge in [0.15, 0.2) is 0 Å². The number of hydrogen-bond acceptors (Lipinski definition) is 4. The molecule has 0 aliphatic rings. The average molecular weight is 277 g/mol. The van der Waals surface area contributed by atoms with E-state index in [1.807, 2.05) is 13.1 Å². The van der Waals surface area contributed by atoms with Crippen LogP contribution in [-0.4, -0.2) is 27.3 Å².